The van der Waals surface area contributed by atoms with Gasteiger partial charge in [-0.1, -0.05) is 0 Å². The molecule has 1 aromatic rings. The summed E-state index contributed by atoms with van der Waals surface area (Å²) in [6.07, 6.45) is -0.00426. The Morgan fingerprint density at radius 1 is 1.16 bits per heavy atom. The molecule has 106 valence electrons. The maximum atomic E-state index is 13.2. The Morgan fingerprint density at radius 3 is 2.32 bits per heavy atom. The average molecular weight is 275 g/mol. The van der Waals surface area contributed by atoms with E-state index in [0.29, 0.717) is 12.1 Å². The zero-order valence-electron chi connectivity index (χ0n) is 11.0. The number of benzene rings is 1. The van der Waals surface area contributed by atoms with Crippen molar-refractivity contribution in [1.82, 2.24) is 0 Å². The number of esters is 1. The fraction of sp³-hybridized carbons (Fsp3) is 0.462. The lowest BCUT2D eigenvalue weighted by molar-refractivity contribution is -0.154. The van der Waals surface area contributed by atoms with Crippen LogP contribution in [0.1, 0.15) is 27.2 Å². The van der Waals surface area contributed by atoms with E-state index in [-0.39, 0.29) is 18.7 Å². The maximum Gasteiger partial charge on any atom is 0.308 e. The number of anilines is 1. The summed E-state index contributed by atoms with van der Waals surface area (Å²) in [7, 11) is 0. The predicted molar refractivity (Wildman–Crippen MR) is 65.3 cm³/mol. The van der Waals surface area contributed by atoms with Crippen LogP contribution in [0.4, 0.5) is 18.9 Å². The molecule has 0 unspecified atom stereocenters. The molecule has 0 saturated heterocycles. The van der Waals surface area contributed by atoms with Crippen LogP contribution in [-0.2, 0) is 9.53 Å². The molecule has 0 heterocycles. The smallest absolute Gasteiger partial charge is 0.308 e. The maximum absolute atomic E-state index is 13.2. The lowest BCUT2D eigenvalue weighted by atomic mass is 10.2. The van der Waals surface area contributed by atoms with Gasteiger partial charge in [-0.3, -0.25) is 4.79 Å². The van der Waals surface area contributed by atoms with Crippen LogP contribution in [0.25, 0.3) is 0 Å². The molecule has 1 aromatic carbocycles. The van der Waals surface area contributed by atoms with Crippen molar-refractivity contribution in [3.8, 4) is 0 Å². The molecule has 0 spiro atoms. The lowest BCUT2D eigenvalue weighted by Crippen LogP contribution is -2.25. The highest BCUT2D eigenvalue weighted by Gasteiger charge is 2.16. The first kappa shape index (κ1) is 15.3. The Morgan fingerprint density at radius 2 is 1.74 bits per heavy atom. The van der Waals surface area contributed by atoms with E-state index in [0.717, 1.165) is 0 Å². The van der Waals surface area contributed by atoms with Crippen LogP contribution in [0.2, 0.25) is 0 Å². The molecule has 3 nitrogen and oxygen atoms in total. The first-order valence-electron chi connectivity index (χ1n) is 5.79. The van der Waals surface area contributed by atoms with Crippen molar-refractivity contribution in [3.05, 3.63) is 29.6 Å². The predicted octanol–water partition coefficient (Wildman–Crippen LogP) is 3.25. The second kappa shape index (κ2) is 5.95. The highest BCUT2D eigenvalue weighted by molar-refractivity contribution is 5.70. The molecule has 19 heavy (non-hydrogen) atoms. The zero-order valence-corrected chi connectivity index (χ0v) is 11.0. The summed E-state index contributed by atoms with van der Waals surface area (Å²) in [4.78, 5) is 11.4. The van der Waals surface area contributed by atoms with Crippen LogP contribution in [0, 0.1) is 17.5 Å². The van der Waals surface area contributed by atoms with Crippen LogP contribution in [0.15, 0.2) is 12.1 Å². The van der Waals surface area contributed by atoms with Crippen LogP contribution in [0.3, 0.4) is 0 Å². The standard InChI is InChI=1S/C13H16F3NO2/c1-13(2,3)19-12(18)4-5-17-11-7-9(15)8(14)6-10(11)16/h6-7,17H,4-5H2,1-3H3. The number of hydrogen-bond donors (Lipinski definition) is 1. The lowest BCUT2D eigenvalue weighted by Gasteiger charge is -2.19. The molecule has 0 aromatic heterocycles. The van der Waals surface area contributed by atoms with Gasteiger partial charge in [0.15, 0.2) is 11.6 Å². The molecule has 0 saturated carbocycles. The molecule has 0 atom stereocenters. The van der Waals surface area contributed by atoms with Crippen LogP contribution in [0.5, 0.6) is 0 Å². The Bertz CT molecular complexity index is 470. The number of carbonyl (C=O) groups excluding carboxylic acids is 1. The number of hydrogen-bond acceptors (Lipinski definition) is 3. The average Bonchev–Trinajstić information content (AvgIpc) is 2.22. The zero-order chi connectivity index (χ0) is 14.6. The summed E-state index contributed by atoms with van der Waals surface area (Å²) in [5.41, 5.74) is -0.785. The van der Waals surface area contributed by atoms with Gasteiger partial charge in [0, 0.05) is 18.7 Å². The normalized spacial score (nSPS) is 11.3. The van der Waals surface area contributed by atoms with Gasteiger partial charge in [-0.05, 0) is 20.8 Å². The van der Waals surface area contributed by atoms with Gasteiger partial charge in [0.1, 0.15) is 11.4 Å². The molecular weight excluding hydrogens is 259 g/mol. The molecule has 0 fully saturated rings. The molecular formula is C13H16F3NO2. The van der Waals surface area contributed by atoms with Crippen LogP contribution >= 0.6 is 0 Å². The molecule has 1 rings (SSSR count). The second-order valence-corrected chi connectivity index (χ2v) is 5.01. The third-order valence-corrected chi connectivity index (χ3v) is 2.07. The van der Waals surface area contributed by atoms with E-state index in [9.17, 15) is 18.0 Å². The molecule has 1 N–H and O–H groups in total. The quantitative estimate of drug-likeness (QED) is 0.677. The minimum Gasteiger partial charge on any atom is -0.460 e. The van der Waals surface area contributed by atoms with Gasteiger partial charge in [0.25, 0.3) is 0 Å². The molecule has 6 heteroatoms. The molecule has 0 bridgehead atoms. The van der Waals surface area contributed by atoms with Gasteiger partial charge in [0.05, 0.1) is 12.1 Å². The minimum atomic E-state index is -1.25. The topological polar surface area (TPSA) is 38.3 Å². The highest BCUT2D eigenvalue weighted by atomic mass is 19.2. The summed E-state index contributed by atoms with van der Waals surface area (Å²) in [5.74, 6) is -3.78. The summed E-state index contributed by atoms with van der Waals surface area (Å²) in [5, 5.41) is 2.52. The van der Waals surface area contributed by atoms with Crippen molar-refractivity contribution >= 4 is 11.7 Å². The van der Waals surface area contributed by atoms with E-state index in [4.69, 9.17) is 4.74 Å². The summed E-state index contributed by atoms with van der Waals surface area (Å²) < 4.78 is 43.9. The third kappa shape index (κ3) is 5.19. The fourth-order valence-electron chi connectivity index (χ4n) is 1.35. The van der Waals surface area contributed by atoms with E-state index in [1.807, 2.05) is 0 Å². The highest BCUT2D eigenvalue weighted by Crippen LogP contribution is 2.18. The van der Waals surface area contributed by atoms with Crippen molar-refractivity contribution in [2.24, 2.45) is 0 Å². The summed E-state index contributed by atoms with van der Waals surface area (Å²) in [6.45, 7) is 5.25. The molecule has 0 radical (unpaired) electrons. The third-order valence-electron chi connectivity index (χ3n) is 2.07. The van der Waals surface area contributed by atoms with E-state index in [1.54, 1.807) is 20.8 Å². The van der Waals surface area contributed by atoms with Gasteiger partial charge < -0.3 is 10.1 Å². The number of nitrogens with one attached hydrogen (secondary N) is 1. The van der Waals surface area contributed by atoms with E-state index >= 15 is 0 Å². The Labute approximate surface area is 109 Å². The van der Waals surface area contributed by atoms with E-state index in [1.165, 1.54) is 0 Å². The van der Waals surface area contributed by atoms with Crippen molar-refractivity contribution in [1.29, 1.82) is 0 Å². The Kier molecular flexibility index (Phi) is 4.80. The largest absolute Gasteiger partial charge is 0.460 e. The molecule has 0 aliphatic carbocycles. The van der Waals surface area contributed by atoms with E-state index in [2.05, 4.69) is 5.32 Å². The Balaban J connectivity index is 2.50. The molecule has 0 aliphatic heterocycles. The van der Waals surface area contributed by atoms with Gasteiger partial charge in [-0.15, -0.1) is 0 Å². The van der Waals surface area contributed by atoms with Gasteiger partial charge >= 0.3 is 5.97 Å². The van der Waals surface area contributed by atoms with Gasteiger partial charge in [-0.2, -0.15) is 0 Å². The van der Waals surface area contributed by atoms with E-state index < -0.39 is 29.0 Å². The SMILES string of the molecule is CC(C)(C)OC(=O)CCNc1cc(F)c(F)cc1F. The fourth-order valence-corrected chi connectivity index (χ4v) is 1.35. The molecule has 0 amide bonds. The number of halogens is 3. The van der Waals surface area contributed by atoms with Gasteiger partial charge in [-0.25, -0.2) is 13.2 Å². The summed E-state index contributed by atoms with van der Waals surface area (Å²) >= 11 is 0. The second-order valence-electron chi connectivity index (χ2n) is 5.01. The number of rotatable bonds is 4. The number of carbonyl (C=O) groups is 1. The van der Waals surface area contributed by atoms with Crippen molar-refractivity contribution in [2.45, 2.75) is 32.8 Å². The van der Waals surface area contributed by atoms with Crippen molar-refractivity contribution < 1.29 is 22.7 Å². The monoisotopic (exact) mass is 275 g/mol. The minimum absolute atomic E-state index is 0.00426. The number of ether oxygens (including phenoxy) is 1. The molecule has 0 aliphatic rings. The van der Waals surface area contributed by atoms with Crippen molar-refractivity contribution in [3.63, 3.8) is 0 Å². The van der Waals surface area contributed by atoms with Crippen LogP contribution < -0.4 is 5.32 Å². The van der Waals surface area contributed by atoms with Crippen molar-refractivity contribution in [2.75, 3.05) is 11.9 Å². The van der Waals surface area contributed by atoms with Crippen LogP contribution in [-0.4, -0.2) is 18.1 Å². The summed E-state index contributed by atoms with van der Waals surface area (Å²) in [6, 6.07) is 1.16. The first-order valence-corrected chi connectivity index (χ1v) is 5.79. The Hall–Kier alpha value is -1.72. The van der Waals surface area contributed by atoms with Gasteiger partial charge in [0.2, 0.25) is 0 Å². The first-order chi connectivity index (χ1) is 8.69.